The van der Waals surface area contributed by atoms with E-state index in [9.17, 15) is 0 Å². The van der Waals surface area contributed by atoms with Crippen LogP contribution < -0.4 is 15.8 Å². The Labute approximate surface area is 188 Å². The molecule has 2 saturated heterocycles. The van der Waals surface area contributed by atoms with Gasteiger partial charge in [0.05, 0.1) is 29.1 Å². The Bertz CT molecular complexity index is 911. The van der Waals surface area contributed by atoms with Crippen LogP contribution in [0, 0.1) is 5.92 Å². The van der Waals surface area contributed by atoms with Gasteiger partial charge >= 0.3 is 0 Å². The van der Waals surface area contributed by atoms with Crippen LogP contribution in [0.5, 0.6) is 0 Å². The van der Waals surface area contributed by atoms with Crippen molar-refractivity contribution >= 4 is 5.82 Å². The van der Waals surface area contributed by atoms with Gasteiger partial charge in [-0.05, 0) is 39.0 Å². The molecular formula is C23H33N7O2. The van der Waals surface area contributed by atoms with Gasteiger partial charge in [0, 0.05) is 50.7 Å². The summed E-state index contributed by atoms with van der Waals surface area (Å²) in [5.74, 6) is 1.52. The first-order valence-corrected chi connectivity index (χ1v) is 12.0. The van der Waals surface area contributed by atoms with Crippen LogP contribution in [0.3, 0.4) is 0 Å². The van der Waals surface area contributed by atoms with Crippen molar-refractivity contribution in [3.05, 3.63) is 36.4 Å². The quantitative estimate of drug-likeness (QED) is 0.701. The van der Waals surface area contributed by atoms with Gasteiger partial charge in [0.2, 0.25) is 0 Å². The number of ether oxygens (including phenoxy) is 1. The molecule has 0 aromatic carbocycles. The number of oxazole rings is 1. The largest absolute Gasteiger partial charge is 0.451 e. The summed E-state index contributed by atoms with van der Waals surface area (Å²) in [6.07, 6.45) is 11.1. The minimum Gasteiger partial charge on any atom is -0.451 e. The third kappa shape index (κ3) is 4.26. The summed E-state index contributed by atoms with van der Waals surface area (Å²) in [6, 6.07) is 2.88. The molecule has 4 unspecified atom stereocenters. The zero-order valence-electron chi connectivity index (χ0n) is 18.7. The fourth-order valence-electron chi connectivity index (χ4n) is 5.50. The summed E-state index contributed by atoms with van der Waals surface area (Å²) >= 11 is 0. The van der Waals surface area contributed by atoms with Gasteiger partial charge in [0.15, 0.2) is 6.39 Å². The van der Waals surface area contributed by atoms with E-state index in [1.54, 1.807) is 12.6 Å². The highest BCUT2D eigenvalue weighted by molar-refractivity contribution is 5.40. The Kier molecular flexibility index (Phi) is 5.37. The lowest BCUT2D eigenvalue weighted by Crippen LogP contribution is -2.46. The standard InChI is InChI=1S/C23H33N7O2/c1-23(4-5-23)32-17-2-3-19-18(10-17)22(28-27-19)20-11-21(25-14-24-20)30-8-6-29(7-9-30)12-16-13-31-15-26-16/h11,13-15,17-19,22,27-28H,2-10,12H2,1H3. The topological polar surface area (TPSA) is 91.6 Å². The van der Waals surface area contributed by atoms with Crippen molar-refractivity contribution in [3.8, 4) is 0 Å². The van der Waals surface area contributed by atoms with Gasteiger partial charge < -0.3 is 14.1 Å². The summed E-state index contributed by atoms with van der Waals surface area (Å²) < 4.78 is 11.5. The fourth-order valence-corrected chi connectivity index (χ4v) is 5.50. The molecule has 2 aliphatic carbocycles. The Morgan fingerprint density at radius 1 is 1.12 bits per heavy atom. The lowest BCUT2D eigenvalue weighted by molar-refractivity contribution is -0.0500. The molecule has 9 heteroatoms. The summed E-state index contributed by atoms with van der Waals surface area (Å²) in [5, 5.41) is 0. The van der Waals surface area contributed by atoms with Crippen LogP contribution in [-0.4, -0.2) is 63.8 Å². The van der Waals surface area contributed by atoms with E-state index in [-0.39, 0.29) is 11.6 Å². The molecule has 4 heterocycles. The number of hydrogen-bond donors (Lipinski definition) is 2. The highest BCUT2D eigenvalue weighted by Crippen LogP contribution is 2.45. The third-order valence-electron chi connectivity index (χ3n) is 7.67. The molecule has 4 atom stereocenters. The lowest BCUT2D eigenvalue weighted by Gasteiger charge is -2.36. The molecule has 4 fully saturated rings. The fraction of sp³-hybridized carbons (Fsp3) is 0.696. The molecule has 0 spiro atoms. The molecule has 2 saturated carbocycles. The number of hydrogen-bond acceptors (Lipinski definition) is 9. The molecule has 2 N–H and O–H groups in total. The number of nitrogens with zero attached hydrogens (tertiary/aromatic N) is 5. The molecular weight excluding hydrogens is 406 g/mol. The van der Waals surface area contributed by atoms with E-state index >= 15 is 0 Å². The number of aromatic nitrogens is 3. The zero-order chi connectivity index (χ0) is 21.5. The minimum absolute atomic E-state index is 0.143. The maximum atomic E-state index is 6.44. The Balaban J connectivity index is 1.10. The highest BCUT2D eigenvalue weighted by atomic mass is 16.5. The molecule has 6 rings (SSSR count). The molecule has 2 aliphatic heterocycles. The predicted molar refractivity (Wildman–Crippen MR) is 119 cm³/mol. The van der Waals surface area contributed by atoms with Crippen LogP contribution in [0.25, 0.3) is 0 Å². The van der Waals surface area contributed by atoms with Gasteiger partial charge in [-0.15, -0.1) is 0 Å². The van der Waals surface area contributed by atoms with Gasteiger partial charge in [0.1, 0.15) is 18.4 Å². The first kappa shape index (κ1) is 20.5. The first-order chi connectivity index (χ1) is 15.7. The van der Waals surface area contributed by atoms with Crippen LogP contribution in [0.4, 0.5) is 5.82 Å². The molecule has 0 amide bonds. The molecule has 172 valence electrons. The van der Waals surface area contributed by atoms with E-state index in [1.807, 2.05) is 0 Å². The first-order valence-electron chi connectivity index (χ1n) is 12.0. The van der Waals surface area contributed by atoms with Crippen LogP contribution in [-0.2, 0) is 11.3 Å². The molecule has 2 aromatic heterocycles. The number of nitrogens with one attached hydrogen (secondary N) is 2. The van der Waals surface area contributed by atoms with Crippen LogP contribution >= 0.6 is 0 Å². The van der Waals surface area contributed by atoms with Crippen LogP contribution in [0.1, 0.15) is 56.5 Å². The summed E-state index contributed by atoms with van der Waals surface area (Å²) in [5.41, 5.74) is 9.28. The van der Waals surface area contributed by atoms with Gasteiger partial charge in [-0.1, -0.05) is 0 Å². The number of hydrazine groups is 1. The second-order valence-electron chi connectivity index (χ2n) is 10.1. The number of fused-ring (bicyclic) bond motifs is 1. The van der Waals surface area contributed by atoms with Crippen LogP contribution in [0.2, 0.25) is 0 Å². The normalized spacial score (nSPS) is 32.1. The number of piperazine rings is 1. The average molecular weight is 440 g/mol. The monoisotopic (exact) mass is 439 g/mol. The number of anilines is 1. The predicted octanol–water partition coefficient (Wildman–Crippen LogP) is 2.04. The molecule has 2 aromatic rings. The second kappa shape index (κ2) is 8.37. The van der Waals surface area contributed by atoms with Gasteiger partial charge in [-0.25, -0.2) is 20.4 Å². The van der Waals surface area contributed by atoms with Gasteiger partial charge in [0.25, 0.3) is 0 Å². The number of rotatable bonds is 6. The van der Waals surface area contributed by atoms with Crippen LogP contribution in [0.15, 0.2) is 29.5 Å². The molecule has 0 radical (unpaired) electrons. The maximum Gasteiger partial charge on any atom is 0.180 e. The molecule has 32 heavy (non-hydrogen) atoms. The van der Waals surface area contributed by atoms with Crippen molar-refractivity contribution in [3.63, 3.8) is 0 Å². The average Bonchev–Trinajstić information content (AvgIpc) is 3.18. The maximum absolute atomic E-state index is 6.44. The Hall–Kier alpha value is -2.07. The summed E-state index contributed by atoms with van der Waals surface area (Å²) in [6.45, 7) is 6.96. The van der Waals surface area contributed by atoms with E-state index in [2.05, 4.69) is 48.6 Å². The minimum atomic E-state index is 0.143. The van der Waals surface area contributed by atoms with Crippen molar-refractivity contribution in [1.29, 1.82) is 0 Å². The Morgan fingerprint density at radius 3 is 2.78 bits per heavy atom. The van der Waals surface area contributed by atoms with Gasteiger partial charge in [-0.2, -0.15) is 0 Å². The van der Waals surface area contributed by atoms with Crippen molar-refractivity contribution in [1.82, 2.24) is 30.7 Å². The molecule has 9 nitrogen and oxygen atoms in total. The SMILES string of the molecule is CC1(OC2CCC3NNC(c4cc(N5CCN(Cc6cocn6)CC5)ncn4)C3C2)CC1. The smallest absolute Gasteiger partial charge is 0.180 e. The van der Waals surface area contributed by atoms with E-state index in [4.69, 9.17) is 9.15 Å². The molecule has 0 bridgehead atoms. The van der Waals surface area contributed by atoms with Crippen molar-refractivity contribution in [2.75, 3.05) is 31.1 Å². The highest BCUT2D eigenvalue weighted by Gasteiger charge is 2.46. The third-order valence-corrected chi connectivity index (χ3v) is 7.67. The summed E-state index contributed by atoms with van der Waals surface area (Å²) in [7, 11) is 0. The van der Waals surface area contributed by atoms with E-state index in [0.29, 0.717) is 18.1 Å². The Morgan fingerprint density at radius 2 is 2.00 bits per heavy atom. The zero-order valence-corrected chi connectivity index (χ0v) is 18.7. The van der Waals surface area contributed by atoms with Gasteiger partial charge in [-0.3, -0.25) is 10.3 Å². The molecule has 4 aliphatic rings. The van der Waals surface area contributed by atoms with E-state index in [1.165, 1.54) is 19.2 Å². The van der Waals surface area contributed by atoms with Crippen molar-refractivity contribution in [2.45, 2.75) is 69.4 Å². The lowest BCUT2D eigenvalue weighted by atomic mass is 9.79. The van der Waals surface area contributed by atoms with Crippen molar-refractivity contribution < 1.29 is 9.15 Å². The second-order valence-corrected chi connectivity index (χ2v) is 10.1. The van der Waals surface area contributed by atoms with Crippen molar-refractivity contribution in [2.24, 2.45) is 5.92 Å². The summed E-state index contributed by atoms with van der Waals surface area (Å²) in [4.78, 5) is 18.3. The van der Waals surface area contributed by atoms with E-state index < -0.39 is 0 Å². The van der Waals surface area contributed by atoms with E-state index in [0.717, 1.165) is 69.2 Å².